The number of carbonyl (C=O) groups is 2. The van der Waals surface area contributed by atoms with Gasteiger partial charge >= 0.3 is 5.97 Å². The van der Waals surface area contributed by atoms with Crippen molar-refractivity contribution in [2.45, 2.75) is 19.8 Å². The standard InChI is InChI=1S/C7H10O3/c1-7(6(9)10)3-2-5(7)4-8/h4-5H,2-3H2,1H3,(H,9,10). The molecule has 0 spiro atoms. The molecule has 1 aliphatic carbocycles. The summed E-state index contributed by atoms with van der Waals surface area (Å²) in [7, 11) is 0. The molecule has 0 radical (unpaired) electrons. The maximum absolute atomic E-state index is 10.5. The molecule has 3 nitrogen and oxygen atoms in total. The predicted octanol–water partition coefficient (Wildman–Crippen LogP) is 0.686. The summed E-state index contributed by atoms with van der Waals surface area (Å²) in [5.74, 6) is -1.11. The van der Waals surface area contributed by atoms with Crippen LogP contribution in [0.5, 0.6) is 0 Å². The first kappa shape index (κ1) is 7.25. The SMILES string of the molecule is CC1(C(=O)O)CCC1C=O. The quantitative estimate of drug-likeness (QED) is 0.577. The smallest absolute Gasteiger partial charge is 0.310 e. The number of rotatable bonds is 2. The van der Waals surface area contributed by atoms with Crippen LogP contribution in [-0.2, 0) is 9.59 Å². The zero-order chi connectivity index (χ0) is 7.78. The summed E-state index contributed by atoms with van der Waals surface area (Å²) in [4.78, 5) is 20.8. The highest BCUT2D eigenvalue weighted by Gasteiger charge is 2.48. The second-order valence-electron chi connectivity index (χ2n) is 3.00. The minimum atomic E-state index is -0.851. The molecule has 0 saturated heterocycles. The second-order valence-corrected chi connectivity index (χ2v) is 3.00. The van der Waals surface area contributed by atoms with E-state index >= 15 is 0 Å². The fraction of sp³-hybridized carbons (Fsp3) is 0.714. The van der Waals surface area contributed by atoms with Crippen molar-refractivity contribution in [3.63, 3.8) is 0 Å². The van der Waals surface area contributed by atoms with Crippen LogP contribution in [-0.4, -0.2) is 17.4 Å². The Morgan fingerprint density at radius 1 is 1.80 bits per heavy atom. The Bertz CT molecular complexity index is 176. The van der Waals surface area contributed by atoms with Gasteiger partial charge in [-0.05, 0) is 19.8 Å². The Hall–Kier alpha value is -0.860. The molecule has 1 rings (SSSR count). The van der Waals surface area contributed by atoms with E-state index in [0.717, 1.165) is 12.7 Å². The molecule has 56 valence electrons. The lowest BCUT2D eigenvalue weighted by Crippen LogP contribution is -2.44. The normalized spacial score (nSPS) is 38.3. The first-order valence-corrected chi connectivity index (χ1v) is 3.30. The molecule has 0 aliphatic heterocycles. The molecule has 2 unspecified atom stereocenters. The van der Waals surface area contributed by atoms with Gasteiger partial charge in [0.05, 0.1) is 5.41 Å². The maximum atomic E-state index is 10.5. The monoisotopic (exact) mass is 142 g/mol. The van der Waals surface area contributed by atoms with Crippen LogP contribution in [0.2, 0.25) is 0 Å². The molecular weight excluding hydrogens is 132 g/mol. The number of carboxylic acids is 1. The van der Waals surface area contributed by atoms with Gasteiger partial charge in [-0.1, -0.05) is 0 Å². The lowest BCUT2D eigenvalue weighted by atomic mass is 9.62. The van der Waals surface area contributed by atoms with E-state index in [4.69, 9.17) is 5.11 Å². The zero-order valence-corrected chi connectivity index (χ0v) is 5.83. The third-order valence-corrected chi connectivity index (χ3v) is 2.45. The van der Waals surface area contributed by atoms with Crippen LogP contribution in [0, 0.1) is 11.3 Å². The fourth-order valence-electron chi connectivity index (χ4n) is 1.23. The van der Waals surface area contributed by atoms with Gasteiger partial charge in [-0.3, -0.25) is 4.79 Å². The van der Waals surface area contributed by atoms with Crippen molar-refractivity contribution in [3.05, 3.63) is 0 Å². The van der Waals surface area contributed by atoms with Gasteiger partial charge in [0.1, 0.15) is 6.29 Å². The Morgan fingerprint density at radius 2 is 2.40 bits per heavy atom. The van der Waals surface area contributed by atoms with Crippen LogP contribution in [0.3, 0.4) is 0 Å². The predicted molar refractivity (Wildman–Crippen MR) is 34.5 cm³/mol. The molecule has 1 N–H and O–H groups in total. The average molecular weight is 142 g/mol. The highest BCUT2D eigenvalue weighted by Crippen LogP contribution is 2.45. The van der Waals surface area contributed by atoms with Gasteiger partial charge < -0.3 is 9.90 Å². The van der Waals surface area contributed by atoms with Gasteiger partial charge in [0.15, 0.2) is 0 Å². The van der Waals surface area contributed by atoms with Crippen LogP contribution in [0.25, 0.3) is 0 Å². The first-order valence-electron chi connectivity index (χ1n) is 3.30. The molecule has 0 amide bonds. The van der Waals surface area contributed by atoms with Gasteiger partial charge in [-0.25, -0.2) is 0 Å². The Morgan fingerprint density at radius 3 is 2.50 bits per heavy atom. The summed E-state index contributed by atoms with van der Waals surface area (Å²) >= 11 is 0. The average Bonchev–Trinajstić information content (AvgIpc) is 1.85. The summed E-state index contributed by atoms with van der Waals surface area (Å²) < 4.78 is 0. The number of hydrogen-bond donors (Lipinski definition) is 1. The third-order valence-electron chi connectivity index (χ3n) is 2.45. The van der Waals surface area contributed by atoms with Gasteiger partial charge in [0.2, 0.25) is 0 Å². The third kappa shape index (κ3) is 0.735. The minimum Gasteiger partial charge on any atom is -0.481 e. The van der Waals surface area contributed by atoms with E-state index in [1.807, 2.05) is 0 Å². The number of hydrogen-bond acceptors (Lipinski definition) is 2. The van der Waals surface area contributed by atoms with E-state index < -0.39 is 11.4 Å². The summed E-state index contributed by atoms with van der Waals surface area (Å²) in [6.45, 7) is 1.62. The number of aldehydes is 1. The van der Waals surface area contributed by atoms with E-state index in [9.17, 15) is 9.59 Å². The summed E-state index contributed by atoms with van der Waals surface area (Å²) in [5, 5.41) is 8.64. The molecule has 1 saturated carbocycles. The molecule has 10 heavy (non-hydrogen) atoms. The molecular formula is C7H10O3. The van der Waals surface area contributed by atoms with Crippen molar-refractivity contribution in [3.8, 4) is 0 Å². The summed E-state index contributed by atoms with van der Waals surface area (Å²) in [5.41, 5.74) is -0.762. The topological polar surface area (TPSA) is 54.4 Å². The molecule has 0 aromatic rings. The fourth-order valence-corrected chi connectivity index (χ4v) is 1.23. The maximum Gasteiger partial charge on any atom is 0.310 e. The molecule has 0 aromatic heterocycles. The van der Waals surface area contributed by atoms with Crippen molar-refractivity contribution in [2.75, 3.05) is 0 Å². The molecule has 2 atom stereocenters. The zero-order valence-electron chi connectivity index (χ0n) is 5.83. The van der Waals surface area contributed by atoms with Gasteiger partial charge in [-0.15, -0.1) is 0 Å². The Balaban J connectivity index is 2.70. The Labute approximate surface area is 59.0 Å². The van der Waals surface area contributed by atoms with Gasteiger partial charge in [0, 0.05) is 5.92 Å². The molecule has 0 heterocycles. The second kappa shape index (κ2) is 2.08. The van der Waals surface area contributed by atoms with E-state index in [0.29, 0.717) is 6.42 Å². The van der Waals surface area contributed by atoms with E-state index in [1.54, 1.807) is 6.92 Å². The number of carboxylic acid groups (broad SMARTS) is 1. The van der Waals surface area contributed by atoms with Crippen molar-refractivity contribution < 1.29 is 14.7 Å². The molecule has 3 heteroatoms. The molecule has 1 aliphatic rings. The van der Waals surface area contributed by atoms with Crippen LogP contribution < -0.4 is 0 Å². The first-order chi connectivity index (χ1) is 4.61. The number of aliphatic carboxylic acids is 1. The largest absolute Gasteiger partial charge is 0.481 e. The van der Waals surface area contributed by atoms with Crippen molar-refractivity contribution in [2.24, 2.45) is 11.3 Å². The molecule has 1 fully saturated rings. The lowest BCUT2D eigenvalue weighted by Gasteiger charge is -2.39. The lowest BCUT2D eigenvalue weighted by molar-refractivity contribution is -0.160. The minimum absolute atomic E-state index is 0.259. The van der Waals surface area contributed by atoms with Crippen LogP contribution in [0.15, 0.2) is 0 Å². The van der Waals surface area contributed by atoms with Gasteiger partial charge in [-0.2, -0.15) is 0 Å². The van der Waals surface area contributed by atoms with Crippen molar-refractivity contribution in [1.29, 1.82) is 0 Å². The Kier molecular flexibility index (Phi) is 1.50. The van der Waals surface area contributed by atoms with E-state index in [2.05, 4.69) is 0 Å². The number of carbonyl (C=O) groups excluding carboxylic acids is 1. The van der Waals surface area contributed by atoms with Gasteiger partial charge in [0.25, 0.3) is 0 Å². The summed E-state index contributed by atoms with van der Waals surface area (Å²) in [6.07, 6.45) is 2.11. The van der Waals surface area contributed by atoms with Crippen molar-refractivity contribution >= 4 is 12.3 Å². The van der Waals surface area contributed by atoms with Crippen molar-refractivity contribution in [1.82, 2.24) is 0 Å². The van der Waals surface area contributed by atoms with E-state index in [1.165, 1.54) is 0 Å². The highest BCUT2D eigenvalue weighted by atomic mass is 16.4. The molecule has 0 bridgehead atoms. The van der Waals surface area contributed by atoms with Crippen LogP contribution in [0.4, 0.5) is 0 Å². The van der Waals surface area contributed by atoms with E-state index in [-0.39, 0.29) is 5.92 Å². The molecule has 0 aromatic carbocycles. The highest BCUT2D eigenvalue weighted by molar-refractivity contribution is 5.80. The van der Waals surface area contributed by atoms with Crippen LogP contribution >= 0.6 is 0 Å². The van der Waals surface area contributed by atoms with Crippen LogP contribution in [0.1, 0.15) is 19.8 Å². The summed E-state index contributed by atoms with van der Waals surface area (Å²) in [6, 6.07) is 0.